The molecule has 0 radical (unpaired) electrons. The van der Waals surface area contributed by atoms with E-state index in [4.69, 9.17) is 0 Å². The molecule has 1 atom stereocenters. The number of carbonyl (C=O) groups excluding carboxylic acids is 1. The summed E-state index contributed by atoms with van der Waals surface area (Å²) in [6, 6.07) is 6.01. The van der Waals surface area contributed by atoms with E-state index in [1.54, 1.807) is 11.3 Å². The topological polar surface area (TPSA) is 28.5 Å². The van der Waals surface area contributed by atoms with Crippen LogP contribution in [0, 0.1) is 0 Å². The molecule has 19 heavy (non-hydrogen) atoms. The summed E-state index contributed by atoms with van der Waals surface area (Å²) in [5.74, 6) is 0.145. The second-order valence-electron chi connectivity index (χ2n) is 5.23. The Morgan fingerprint density at radius 1 is 1.32 bits per heavy atom. The van der Waals surface area contributed by atoms with Gasteiger partial charge < -0.3 is 9.47 Å². The van der Waals surface area contributed by atoms with Crippen molar-refractivity contribution in [1.29, 1.82) is 0 Å². The molecule has 98 valence electrons. The lowest BCUT2D eigenvalue weighted by atomic mass is 9.97. The van der Waals surface area contributed by atoms with Crippen LogP contribution >= 0.6 is 11.3 Å². The predicted octanol–water partition coefficient (Wildman–Crippen LogP) is 1.80. The fraction of sp³-hybridized carbons (Fsp3) is 0.357. The molecular weight excluding hydrogens is 258 g/mol. The van der Waals surface area contributed by atoms with Crippen LogP contribution in [0.3, 0.4) is 0 Å². The number of nitrogens with zero attached hydrogens (tertiary/aromatic N) is 3. The van der Waals surface area contributed by atoms with E-state index in [-0.39, 0.29) is 11.6 Å². The second kappa shape index (κ2) is 3.71. The molecule has 1 amide bonds. The van der Waals surface area contributed by atoms with Crippen LogP contribution in [0.4, 0.5) is 0 Å². The quantitative estimate of drug-likeness (QED) is 0.792. The minimum absolute atomic E-state index is 0.145. The number of carbonyl (C=O) groups is 1. The fourth-order valence-corrected chi connectivity index (χ4v) is 4.10. The van der Waals surface area contributed by atoms with Gasteiger partial charge in [-0.25, -0.2) is 0 Å². The molecule has 4 rings (SSSR count). The number of rotatable bonds is 1. The highest BCUT2D eigenvalue weighted by molar-refractivity contribution is 7.08. The van der Waals surface area contributed by atoms with E-state index < -0.39 is 0 Å². The Morgan fingerprint density at radius 2 is 2.21 bits per heavy atom. The van der Waals surface area contributed by atoms with Gasteiger partial charge in [-0.1, -0.05) is 0 Å². The summed E-state index contributed by atoms with van der Waals surface area (Å²) in [5.41, 5.74) is 1.73. The van der Waals surface area contributed by atoms with Gasteiger partial charge in [0.25, 0.3) is 5.91 Å². The normalized spacial score (nSPS) is 26.6. The van der Waals surface area contributed by atoms with Crippen molar-refractivity contribution in [3.8, 4) is 0 Å². The van der Waals surface area contributed by atoms with E-state index in [0.717, 1.165) is 25.3 Å². The maximum Gasteiger partial charge on any atom is 0.272 e. The van der Waals surface area contributed by atoms with Crippen molar-refractivity contribution in [2.75, 3.05) is 20.1 Å². The van der Waals surface area contributed by atoms with Gasteiger partial charge in [0.15, 0.2) is 0 Å². The number of aromatic nitrogens is 1. The van der Waals surface area contributed by atoms with Gasteiger partial charge in [-0.2, -0.15) is 11.3 Å². The first-order valence-electron chi connectivity index (χ1n) is 6.44. The van der Waals surface area contributed by atoms with Crippen LogP contribution in [0.5, 0.6) is 0 Å². The van der Waals surface area contributed by atoms with Gasteiger partial charge in [0, 0.05) is 24.8 Å². The summed E-state index contributed by atoms with van der Waals surface area (Å²) in [6.07, 6.45) is 2.00. The number of thiophene rings is 1. The average molecular weight is 273 g/mol. The number of likely N-dealkylation sites (N-methyl/N-ethyl adjacent to an activating group) is 1. The zero-order chi connectivity index (χ0) is 13.0. The third kappa shape index (κ3) is 1.29. The minimum Gasteiger partial charge on any atom is -0.339 e. The van der Waals surface area contributed by atoms with E-state index in [2.05, 4.69) is 33.3 Å². The molecule has 2 aromatic rings. The Balaban J connectivity index is 1.94. The molecule has 4 nitrogen and oxygen atoms in total. The number of amides is 1. The summed E-state index contributed by atoms with van der Waals surface area (Å²) >= 11 is 1.69. The molecular formula is C14H15N3OS. The molecule has 0 N–H and O–H groups in total. The SMILES string of the molecule is CN1CCN2C(=O)c3cccn3CC12c1ccsc1. The molecule has 0 bridgehead atoms. The van der Waals surface area contributed by atoms with Gasteiger partial charge in [0.1, 0.15) is 11.4 Å². The third-order valence-corrected chi connectivity index (χ3v) is 5.09. The molecule has 0 spiro atoms. The summed E-state index contributed by atoms with van der Waals surface area (Å²) in [4.78, 5) is 17.0. The standard InChI is InChI=1S/C14H15N3OS/c1-15-6-7-17-13(18)12-3-2-5-16(12)10-14(15,17)11-4-8-19-9-11/h2-5,8-9H,6-7,10H2,1H3. The van der Waals surface area contributed by atoms with Gasteiger partial charge in [0.05, 0.1) is 6.54 Å². The molecule has 0 aliphatic carbocycles. The number of hydrogen-bond acceptors (Lipinski definition) is 3. The zero-order valence-electron chi connectivity index (χ0n) is 10.7. The molecule has 4 heterocycles. The van der Waals surface area contributed by atoms with Gasteiger partial charge >= 0.3 is 0 Å². The Morgan fingerprint density at radius 3 is 3.00 bits per heavy atom. The first-order valence-corrected chi connectivity index (χ1v) is 7.39. The van der Waals surface area contributed by atoms with Crippen molar-refractivity contribution in [3.05, 3.63) is 46.4 Å². The lowest BCUT2D eigenvalue weighted by molar-refractivity contribution is -0.000963. The van der Waals surface area contributed by atoms with Crippen LogP contribution in [0.15, 0.2) is 35.2 Å². The van der Waals surface area contributed by atoms with Crippen LogP contribution in [-0.2, 0) is 12.2 Å². The summed E-state index contributed by atoms with van der Waals surface area (Å²) in [5, 5.41) is 4.25. The number of fused-ring (bicyclic) bond motifs is 2. The van der Waals surface area contributed by atoms with Crippen molar-refractivity contribution in [1.82, 2.24) is 14.4 Å². The van der Waals surface area contributed by atoms with Crippen molar-refractivity contribution in [3.63, 3.8) is 0 Å². The van der Waals surface area contributed by atoms with Crippen LogP contribution in [-0.4, -0.2) is 40.4 Å². The first kappa shape index (κ1) is 11.3. The molecule has 2 aliphatic rings. The largest absolute Gasteiger partial charge is 0.339 e. The molecule has 2 aromatic heterocycles. The number of hydrogen-bond donors (Lipinski definition) is 0. The van der Waals surface area contributed by atoms with E-state index in [9.17, 15) is 4.79 Å². The Hall–Kier alpha value is -1.59. The molecule has 5 heteroatoms. The third-order valence-electron chi connectivity index (χ3n) is 4.41. The Labute approximate surface area is 115 Å². The summed E-state index contributed by atoms with van der Waals surface area (Å²) in [7, 11) is 2.11. The van der Waals surface area contributed by atoms with Gasteiger partial charge in [-0.15, -0.1) is 0 Å². The first-order chi connectivity index (χ1) is 9.23. The lowest BCUT2D eigenvalue weighted by Crippen LogP contribution is -2.57. The Kier molecular flexibility index (Phi) is 2.20. The van der Waals surface area contributed by atoms with E-state index in [1.807, 2.05) is 23.2 Å². The highest BCUT2D eigenvalue weighted by Gasteiger charge is 2.52. The van der Waals surface area contributed by atoms with Crippen molar-refractivity contribution < 1.29 is 4.79 Å². The molecule has 0 saturated carbocycles. The van der Waals surface area contributed by atoms with Crippen LogP contribution < -0.4 is 0 Å². The second-order valence-corrected chi connectivity index (χ2v) is 6.01. The monoisotopic (exact) mass is 273 g/mol. The van der Waals surface area contributed by atoms with E-state index in [0.29, 0.717) is 0 Å². The molecule has 1 saturated heterocycles. The van der Waals surface area contributed by atoms with E-state index >= 15 is 0 Å². The maximum absolute atomic E-state index is 12.7. The van der Waals surface area contributed by atoms with E-state index in [1.165, 1.54) is 5.56 Å². The lowest BCUT2D eigenvalue weighted by Gasteiger charge is -2.45. The smallest absolute Gasteiger partial charge is 0.272 e. The zero-order valence-corrected chi connectivity index (χ0v) is 11.6. The van der Waals surface area contributed by atoms with Crippen LogP contribution in [0.25, 0.3) is 0 Å². The highest BCUT2D eigenvalue weighted by atomic mass is 32.1. The van der Waals surface area contributed by atoms with Crippen LogP contribution in [0.2, 0.25) is 0 Å². The molecule has 2 aliphatic heterocycles. The van der Waals surface area contributed by atoms with Crippen molar-refractivity contribution >= 4 is 17.2 Å². The molecule has 1 unspecified atom stereocenters. The maximum atomic E-state index is 12.7. The Bertz CT molecular complexity index is 633. The van der Waals surface area contributed by atoms with Crippen molar-refractivity contribution in [2.24, 2.45) is 0 Å². The summed E-state index contributed by atoms with van der Waals surface area (Å²) in [6.45, 7) is 2.54. The van der Waals surface area contributed by atoms with Gasteiger partial charge in [-0.3, -0.25) is 9.69 Å². The van der Waals surface area contributed by atoms with Gasteiger partial charge in [-0.05, 0) is 36.0 Å². The fourth-order valence-electron chi connectivity index (χ4n) is 3.38. The predicted molar refractivity (Wildman–Crippen MR) is 74.1 cm³/mol. The van der Waals surface area contributed by atoms with Gasteiger partial charge in [0.2, 0.25) is 0 Å². The minimum atomic E-state index is -0.302. The van der Waals surface area contributed by atoms with Crippen molar-refractivity contribution in [2.45, 2.75) is 12.2 Å². The summed E-state index contributed by atoms with van der Waals surface area (Å²) < 4.78 is 2.08. The highest BCUT2D eigenvalue weighted by Crippen LogP contribution is 2.42. The molecule has 1 fully saturated rings. The average Bonchev–Trinajstić information content (AvgIpc) is 3.10. The van der Waals surface area contributed by atoms with Crippen LogP contribution in [0.1, 0.15) is 16.1 Å². The molecule has 0 aromatic carbocycles.